The van der Waals surface area contributed by atoms with Gasteiger partial charge in [0.05, 0.1) is 5.69 Å². The average Bonchev–Trinajstić information content (AvgIpc) is 2.50. The first kappa shape index (κ1) is 16.4. The Hall–Kier alpha value is -1.67. The standard InChI is InChI=1S/C15H25N5/c1-5-12-13(11-16)15(19-18-14(12)6-2)17-9-10-20(7-3)8-4/h5-10H2,1-4H3,(H,17,19). The highest BCUT2D eigenvalue weighted by Gasteiger charge is 2.13. The SMILES string of the molecule is CCc1nnc(NCCN(CC)CC)c(C#N)c1CC. The number of hydrogen-bond acceptors (Lipinski definition) is 5. The fourth-order valence-electron chi connectivity index (χ4n) is 2.29. The Morgan fingerprint density at radius 2 is 1.80 bits per heavy atom. The maximum Gasteiger partial charge on any atom is 0.166 e. The van der Waals surface area contributed by atoms with Gasteiger partial charge in [0.2, 0.25) is 0 Å². The molecule has 1 aromatic rings. The van der Waals surface area contributed by atoms with Gasteiger partial charge in [0, 0.05) is 13.1 Å². The third kappa shape index (κ3) is 3.91. The second-order valence-corrected chi connectivity index (χ2v) is 4.62. The summed E-state index contributed by atoms with van der Waals surface area (Å²) < 4.78 is 0. The molecule has 0 aliphatic rings. The summed E-state index contributed by atoms with van der Waals surface area (Å²) in [5.41, 5.74) is 2.60. The van der Waals surface area contributed by atoms with Crippen molar-refractivity contribution in [3.63, 3.8) is 0 Å². The van der Waals surface area contributed by atoms with E-state index >= 15 is 0 Å². The molecule has 5 heteroatoms. The number of likely N-dealkylation sites (N-methyl/N-ethyl adjacent to an activating group) is 1. The van der Waals surface area contributed by atoms with Gasteiger partial charge in [-0.05, 0) is 31.5 Å². The van der Waals surface area contributed by atoms with Gasteiger partial charge in [-0.1, -0.05) is 27.7 Å². The molecule has 20 heavy (non-hydrogen) atoms. The summed E-state index contributed by atoms with van der Waals surface area (Å²) >= 11 is 0. The maximum absolute atomic E-state index is 9.38. The molecule has 0 unspecified atom stereocenters. The number of rotatable bonds is 8. The lowest BCUT2D eigenvalue weighted by atomic mass is 10.0. The van der Waals surface area contributed by atoms with Crippen LogP contribution in [0.4, 0.5) is 5.82 Å². The van der Waals surface area contributed by atoms with Crippen molar-refractivity contribution in [2.24, 2.45) is 0 Å². The Morgan fingerprint density at radius 3 is 2.30 bits per heavy atom. The normalized spacial score (nSPS) is 10.6. The highest BCUT2D eigenvalue weighted by Crippen LogP contribution is 2.19. The number of nitrogens with zero attached hydrogens (tertiary/aromatic N) is 4. The first-order valence-corrected chi connectivity index (χ1v) is 7.46. The molecule has 0 fully saturated rings. The Balaban J connectivity index is 2.83. The minimum Gasteiger partial charge on any atom is -0.366 e. The van der Waals surface area contributed by atoms with Crippen LogP contribution in [0.3, 0.4) is 0 Å². The molecule has 0 spiro atoms. The van der Waals surface area contributed by atoms with Crippen LogP contribution in [-0.4, -0.2) is 41.3 Å². The van der Waals surface area contributed by atoms with Crippen LogP contribution in [-0.2, 0) is 12.8 Å². The molecule has 0 aliphatic heterocycles. The molecule has 1 rings (SSSR count). The van der Waals surface area contributed by atoms with E-state index in [0.717, 1.165) is 50.3 Å². The second kappa shape index (κ2) is 8.49. The maximum atomic E-state index is 9.38. The summed E-state index contributed by atoms with van der Waals surface area (Å²) in [6, 6.07) is 2.28. The Kier molecular flexibility index (Phi) is 6.96. The first-order valence-electron chi connectivity index (χ1n) is 7.46. The van der Waals surface area contributed by atoms with Crippen LogP contribution in [0.25, 0.3) is 0 Å². The molecule has 0 saturated carbocycles. The van der Waals surface area contributed by atoms with Crippen molar-refractivity contribution < 1.29 is 0 Å². The highest BCUT2D eigenvalue weighted by atomic mass is 15.2. The van der Waals surface area contributed by atoms with Crippen LogP contribution in [0.2, 0.25) is 0 Å². The smallest absolute Gasteiger partial charge is 0.166 e. The van der Waals surface area contributed by atoms with Gasteiger partial charge < -0.3 is 10.2 Å². The number of nitriles is 1. The molecule has 1 aromatic heterocycles. The molecule has 0 radical (unpaired) electrons. The van der Waals surface area contributed by atoms with Crippen LogP contribution in [0.1, 0.15) is 44.5 Å². The molecule has 1 N–H and O–H groups in total. The van der Waals surface area contributed by atoms with Gasteiger partial charge in [-0.15, -0.1) is 5.10 Å². The summed E-state index contributed by atoms with van der Waals surface area (Å²) in [6.45, 7) is 12.2. The molecule has 0 aliphatic carbocycles. The molecule has 0 aromatic carbocycles. The predicted molar refractivity (Wildman–Crippen MR) is 81.8 cm³/mol. The minimum atomic E-state index is 0.619. The van der Waals surface area contributed by atoms with Crippen molar-refractivity contribution in [1.29, 1.82) is 5.26 Å². The Labute approximate surface area is 122 Å². The number of hydrogen-bond donors (Lipinski definition) is 1. The number of aryl methyl sites for hydroxylation is 1. The second-order valence-electron chi connectivity index (χ2n) is 4.62. The van der Waals surface area contributed by atoms with E-state index in [2.05, 4.69) is 47.3 Å². The van der Waals surface area contributed by atoms with Gasteiger partial charge in [-0.2, -0.15) is 10.4 Å². The van der Waals surface area contributed by atoms with Crippen molar-refractivity contribution in [2.45, 2.75) is 40.5 Å². The van der Waals surface area contributed by atoms with E-state index in [0.29, 0.717) is 11.4 Å². The number of aromatic nitrogens is 2. The zero-order chi connectivity index (χ0) is 15.0. The van der Waals surface area contributed by atoms with E-state index in [1.54, 1.807) is 0 Å². The van der Waals surface area contributed by atoms with Crippen LogP contribution >= 0.6 is 0 Å². The van der Waals surface area contributed by atoms with Crippen LogP contribution < -0.4 is 5.32 Å². The number of anilines is 1. The highest BCUT2D eigenvalue weighted by molar-refractivity contribution is 5.56. The molecule has 110 valence electrons. The van der Waals surface area contributed by atoms with Gasteiger partial charge in [0.25, 0.3) is 0 Å². The van der Waals surface area contributed by atoms with Gasteiger partial charge in [0.1, 0.15) is 11.6 Å². The summed E-state index contributed by atoms with van der Waals surface area (Å²) in [6.07, 6.45) is 1.62. The molecular weight excluding hydrogens is 250 g/mol. The van der Waals surface area contributed by atoms with Gasteiger partial charge in [-0.3, -0.25) is 0 Å². The molecule has 0 saturated heterocycles. The van der Waals surface area contributed by atoms with Crippen molar-refractivity contribution in [1.82, 2.24) is 15.1 Å². The molecule has 5 nitrogen and oxygen atoms in total. The summed E-state index contributed by atoms with van der Waals surface area (Å²) in [5.74, 6) is 0.619. The molecular formula is C15H25N5. The third-order valence-electron chi connectivity index (χ3n) is 3.57. The molecule has 0 atom stereocenters. The van der Waals surface area contributed by atoms with Crippen molar-refractivity contribution in [3.05, 3.63) is 16.8 Å². The van der Waals surface area contributed by atoms with Crippen molar-refractivity contribution in [2.75, 3.05) is 31.5 Å². The molecule has 0 amide bonds. The lowest BCUT2D eigenvalue weighted by Gasteiger charge is -2.18. The van der Waals surface area contributed by atoms with E-state index in [9.17, 15) is 5.26 Å². The summed E-state index contributed by atoms with van der Waals surface area (Å²) in [5, 5.41) is 21.0. The van der Waals surface area contributed by atoms with E-state index < -0.39 is 0 Å². The largest absolute Gasteiger partial charge is 0.366 e. The zero-order valence-electron chi connectivity index (χ0n) is 13.0. The third-order valence-corrected chi connectivity index (χ3v) is 3.57. The monoisotopic (exact) mass is 275 g/mol. The minimum absolute atomic E-state index is 0.619. The van der Waals surface area contributed by atoms with Gasteiger partial charge >= 0.3 is 0 Å². The lowest BCUT2D eigenvalue weighted by molar-refractivity contribution is 0.316. The van der Waals surface area contributed by atoms with E-state index in [4.69, 9.17) is 0 Å². The topological polar surface area (TPSA) is 64.8 Å². The fourth-order valence-corrected chi connectivity index (χ4v) is 2.29. The summed E-state index contributed by atoms with van der Waals surface area (Å²) in [7, 11) is 0. The molecule has 0 bridgehead atoms. The van der Waals surface area contributed by atoms with Crippen LogP contribution in [0.15, 0.2) is 0 Å². The quantitative estimate of drug-likeness (QED) is 0.788. The Bertz CT molecular complexity index is 460. The van der Waals surface area contributed by atoms with Gasteiger partial charge in [0.15, 0.2) is 5.82 Å². The summed E-state index contributed by atoms with van der Waals surface area (Å²) in [4.78, 5) is 2.33. The predicted octanol–water partition coefficient (Wildman–Crippen LogP) is 2.23. The van der Waals surface area contributed by atoms with Crippen molar-refractivity contribution in [3.8, 4) is 6.07 Å². The van der Waals surface area contributed by atoms with Crippen LogP contribution in [0, 0.1) is 11.3 Å². The van der Waals surface area contributed by atoms with E-state index in [1.807, 2.05) is 6.92 Å². The first-order chi connectivity index (χ1) is 9.71. The van der Waals surface area contributed by atoms with Gasteiger partial charge in [-0.25, -0.2) is 0 Å². The molecule has 1 heterocycles. The average molecular weight is 275 g/mol. The van der Waals surface area contributed by atoms with Crippen LogP contribution in [0.5, 0.6) is 0 Å². The van der Waals surface area contributed by atoms with Crippen molar-refractivity contribution >= 4 is 5.82 Å². The van der Waals surface area contributed by atoms with E-state index in [1.165, 1.54) is 0 Å². The fraction of sp³-hybridized carbons (Fsp3) is 0.667. The number of nitrogens with one attached hydrogen (secondary N) is 1. The van der Waals surface area contributed by atoms with E-state index in [-0.39, 0.29) is 0 Å². The Morgan fingerprint density at radius 1 is 1.10 bits per heavy atom. The lowest BCUT2D eigenvalue weighted by Crippen LogP contribution is -2.29. The zero-order valence-corrected chi connectivity index (χ0v) is 13.0.